The van der Waals surface area contributed by atoms with E-state index >= 15 is 0 Å². The van der Waals surface area contributed by atoms with Crippen LogP contribution in [0.3, 0.4) is 0 Å². The van der Waals surface area contributed by atoms with Gasteiger partial charge in [-0.05, 0) is 61.4 Å². The number of aromatic nitrogens is 3. The Morgan fingerprint density at radius 3 is 2.83 bits per heavy atom. The summed E-state index contributed by atoms with van der Waals surface area (Å²) in [6.45, 7) is 8.42. The number of nitrogens with zero attached hydrogens (tertiary/aromatic N) is 3. The first kappa shape index (κ1) is 27.4. The van der Waals surface area contributed by atoms with Crippen molar-refractivity contribution in [3.8, 4) is 11.8 Å². The molecule has 4 aromatic rings. The number of carbonyl (C=O) groups is 1. The zero-order chi connectivity index (χ0) is 28.0. The van der Waals surface area contributed by atoms with E-state index in [2.05, 4.69) is 52.1 Å². The molecule has 9 heteroatoms. The van der Waals surface area contributed by atoms with Gasteiger partial charge >= 0.3 is 0 Å². The number of benzene rings is 2. The maximum absolute atomic E-state index is 12.9. The van der Waals surface area contributed by atoms with Crippen molar-refractivity contribution in [3.05, 3.63) is 72.1 Å². The second-order valence-corrected chi connectivity index (χ2v) is 16.8. The lowest BCUT2D eigenvalue weighted by Crippen LogP contribution is -2.24. The first-order valence-electron chi connectivity index (χ1n) is 13.7. The van der Waals surface area contributed by atoms with Gasteiger partial charge in [-0.25, -0.2) is 9.67 Å². The van der Waals surface area contributed by atoms with Crippen LogP contribution in [0.4, 0.5) is 17.2 Å². The molecule has 5 rings (SSSR count). The van der Waals surface area contributed by atoms with E-state index in [0.29, 0.717) is 31.4 Å². The molecule has 1 aliphatic carbocycles. The van der Waals surface area contributed by atoms with Gasteiger partial charge in [0, 0.05) is 37.9 Å². The van der Waals surface area contributed by atoms with Gasteiger partial charge in [0.15, 0.2) is 0 Å². The number of amides is 1. The number of nitrogens with one attached hydrogen (secondary N) is 3. The molecule has 206 valence electrons. The third kappa shape index (κ3) is 7.49. The number of para-hydroxylation sites is 1. The van der Waals surface area contributed by atoms with E-state index < -0.39 is 8.07 Å². The Hall–Kier alpha value is -4.13. The summed E-state index contributed by atoms with van der Waals surface area (Å²) < 4.78 is 7.91. The fourth-order valence-corrected chi connectivity index (χ4v) is 4.88. The number of hydrogen-bond acceptors (Lipinski definition) is 5. The average molecular weight is 553 g/mol. The van der Waals surface area contributed by atoms with Crippen molar-refractivity contribution in [1.29, 1.82) is 0 Å². The molecule has 0 unspecified atom stereocenters. The van der Waals surface area contributed by atoms with Gasteiger partial charge in [0.2, 0.25) is 0 Å². The van der Waals surface area contributed by atoms with E-state index in [0.717, 1.165) is 39.8 Å². The van der Waals surface area contributed by atoms with Crippen molar-refractivity contribution >= 4 is 48.3 Å². The smallest absolute Gasteiger partial charge is 0.254 e. The number of H-pyrrole nitrogens is 1. The SMILES string of the molecule is C[Si](C)(C)CCOCn1nc(C=Nc2ccc[nH]2)c2ccc(Nc3ccccc3C(=O)NCC#CC3CC3)cc21. The van der Waals surface area contributed by atoms with Crippen LogP contribution in [-0.4, -0.2) is 48.1 Å². The highest BCUT2D eigenvalue weighted by atomic mass is 28.3. The first-order chi connectivity index (χ1) is 19.4. The number of fused-ring (bicyclic) bond motifs is 1. The van der Waals surface area contributed by atoms with Gasteiger partial charge in [-0.15, -0.1) is 0 Å². The molecule has 0 saturated heterocycles. The molecule has 2 heterocycles. The molecule has 2 aromatic heterocycles. The molecular weight excluding hydrogens is 516 g/mol. The number of carbonyl (C=O) groups excluding carboxylic acids is 1. The summed E-state index contributed by atoms with van der Waals surface area (Å²) in [4.78, 5) is 20.5. The number of hydrogen-bond donors (Lipinski definition) is 3. The molecular formula is C31H36N6O2Si. The predicted octanol–water partition coefficient (Wildman–Crippen LogP) is 6.31. The van der Waals surface area contributed by atoms with Crippen LogP contribution in [-0.2, 0) is 11.5 Å². The Bertz CT molecular complexity index is 1550. The van der Waals surface area contributed by atoms with E-state index in [-0.39, 0.29) is 5.91 Å². The van der Waals surface area contributed by atoms with Crippen molar-refractivity contribution in [2.45, 2.75) is 45.3 Å². The van der Waals surface area contributed by atoms with E-state index in [4.69, 9.17) is 9.84 Å². The fraction of sp³-hybridized carbons (Fsp3) is 0.323. The molecule has 0 aliphatic heterocycles. The van der Waals surface area contributed by atoms with Gasteiger partial charge in [-0.2, -0.15) is 5.10 Å². The second kappa shape index (κ2) is 12.4. The van der Waals surface area contributed by atoms with Gasteiger partial charge in [0.25, 0.3) is 5.91 Å². The molecule has 0 radical (unpaired) electrons. The molecule has 40 heavy (non-hydrogen) atoms. The minimum Gasteiger partial charge on any atom is -0.360 e. The van der Waals surface area contributed by atoms with Gasteiger partial charge < -0.3 is 20.4 Å². The van der Waals surface area contributed by atoms with Gasteiger partial charge in [-0.3, -0.25) is 4.79 Å². The Kier molecular flexibility index (Phi) is 8.48. The molecule has 0 bridgehead atoms. The normalized spacial score (nSPS) is 13.4. The number of aromatic amines is 1. The number of anilines is 2. The zero-order valence-corrected chi connectivity index (χ0v) is 24.3. The molecule has 1 amide bonds. The van der Waals surface area contributed by atoms with Crippen molar-refractivity contribution in [1.82, 2.24) is 20.1 Å². The Morgan fingerprint density at radius 1 is 1.20 bits per heavy atom. The van der Waals surface area contributed by atoms with E-state index in [1.165, 1.54) is 12.8 Å². The van der Waals surface area contributed by atoms with Gasteiger partial charge in [0.05, 0.1) is 29.5 Å². The molecule has 2 aromatic carbocycles. The topological polar surface area (TPSA) is 96.3 Å². The summed E-state index contributed by atoms with van der Waals surface area (Å²) in [5, 5.41) is 12.1. The third-order valence-electron chi connectivity index (χ3n) is 6.57. The lowest BCUT2D eigenvalue weighted by atomic mass is 10.1. The largest absolute Gasteiger partial charge is 0.360 e. The Labute approximate surface area is 236 Å². The molecule has 0 spiro atoms. The lowest BCUT2D eigenvalue weighted by Gasteiger charge is -2.15. The lowest BCUT2D eigenvalue weighted by molar-refractivity contribution is 0.0816. The maximum Gasteiger partial charge on any atom is 0.254 e. The van der Waals surface area contributed by atoms with Crippen molar-refractivity contribution in [2.24, 2.45) is 10.9 Å². The average Bonchev–Trinajstić information content (AvgIpc) is 3.48. The minimum atomic E-state index is -1.20. The summed E-state index contributed by atoms with van der Waals surface area (Å²) in [6.07, 6.45) is 5.95. The van der Waals surface area contributed by atoms with Crippen LogP contribution in [0.15, 0.2) is 65.8 Å². The van der Waals surface area contributed by atoms with Crippen LogP contribution in [0.5, 0.6) is 0 Å². The van der Waals surface area contributed by atoms with Crippen LogP contribution in [0, 0.1) is 17.8 Å². The summed E-state index contributed by atoms with van der Waals surface area (Å²) >= 11 is 0. The van der Waals surface area contributed by atoms with Gasteiger partial charge in [0.1, 0.15) is 18.2 Å². The van der Waals surface area contributed by atoms with E-state index in [9.17, 15) is 4.79 Å². The molecule has 8 nitrogen and oxygen atoms in total. The van der Waals surface area contributed by atoms with Crippen molar-refractivity contribution in [3.63, 3.8) is 0 Å². The monoisotopic (exact) mass is 552 g/mol. The number of ether oxygens (including phenoxy) is 1. The van der Waals surface area contributed by atoms with E-state index in [1.54, 1.807) is 6.21 Å². The summed E-state index contributed by atoms with van der Waals surface area (Å²) in [6, 6.07) is 18.4. The predicted molar refractivity (Wildman–Crippen MR) is 164 cm³/mol. The Morgan fingerprint density at radius 2 is 2.05 bits per heavy atom. The van der Waals surface area contributed by atoms with Crippen LogP contribution in [0.25, 0.3) is 10.9 Å². The third-order valence-corrected chi connectivity index (χ3v) is 8.27. The van der Waals surface area contributed by atoms with E-state index in [1.807, 2.05) is 65.5 Å². The highest BCUT2D eigenvalue weighted by Crippen LogP contribution is 2.28. The number of aliphatic imine (C=N–C) groups is 1. The highest BCUT2D eigenvalue weighted by Gasteiger charge is 2.18. The first-order valence-corrected chi connectivity index (χ1v) is 17.4. The van der Waals surface area contributed by atoms with Crippen LogP contribution >= 0.6 is 0 Å². The maximum atomic E-state index is 12.9. The molecule has 0 atom stereocenters. The molecule has 1 aliphatic rings. The van der Waals surface area contributed by atoms with Crippen molar-refractivity contribution < 1.29 is 9.53 Å². The summed E-state index contributed by atoms with van der Waals surface area (Å²) in [5.41, 5.74) is 3.82. The minimum absolute atomic E-state index is 0.155. The summed E-state index contributed by atoms with van der Waals surface area (Å²) in [5.74, 6) is 7.36. The second-order valence-electron chi connectivity index (χ2n) is 11.2. The Balaban J connectivity index is 1.37. The molecule has 1 fully saturated rings. The standard InChI is InChI=1S/C31H36N6O2Si/c1-40(2,3)19-18-39-22-37-29-20-24(14-15-25(29)28(36-37)21-34-30-11-7-16-32-30)35-27-10-5-4-9-26(27)31(38)33-17-6-8-23-12-13-23/h4-5,7,9-11,14-16,20-21,23,32,35H,12-13,17-19,22H2,1-3H3,(H,33,38). The quantitative estimate of drug-likeness (QED) is 0.0879. The van der Waals surface area contributed by atoms with Crippen molar-refractivity contribution in [2.75, 3.05) is 18.5 Å². The fourth-order valence-electron chi connectivity index (χ4n) is 4.12. The number of rotatable bonds is 11. The summed E-state index contributed by atoms with van der Waals surface area (Å²) in [7, 11) is -1.20. The van der Waals surface area contributed by atoms with Crippen LogP contribution in [0.1, 0.15) is 28.9 Å². The van der Waals surface area contributed by atoms with Gasteiger partial charge in [-0.1, -0.05) is 43.6 Å². The van der Waals surface area contributed by atoms with Crippen LogP contribution in [0.2, 0.25) is 25.7 Å². The zero-order valence-electron chi connectivity index (χ0n) is 23.3. The van der Waals surface area contributed by atoms with Crippen LogP contribution < -0.4 is 10.6 Å². The molecule has 3 N–H and O–H groups in total. The molecule has 1 saturated carbocycles. The highest BCUT2D eigenvalue weighted by molar-refractivity contribution is 6.76.